The van der Waals surface area contributed by atoms with E-state index in [0.717, 1.165) is 83.5 Å². The summed E-state index contributed by atoms with van der Waals surface area (Å²) in [5.74, 6) is -1.14. The number of phosphoric ester groups is 1. The molecule has 0 aliphatic heterocycles. The minimum Gasteiger partial charge on any atom is -0.462 e. The molecule has 1 aliphatic carbocycles. The minimum absolute atomic E-state index is 0.0681. The molecule has 14 heteroatoms. The first kappa shape index (κ1) is 53.8. The fourth-order valence-electron chi connectivity index (χ4n) is 6.29. The lowest BCUT2D eigenvalue weighted by molar-refractivity contribution is -0.220. The number of aliphatic hydroxyl groups excluding tert-OH is 5. The van der Waals surface area contributed by atoms with Crippen LogP contribution < -0.4 is 0 Å². The maximum Gasteiger partial charge on any atom is 0.472 e. The third-order valence-corrected chi connectivity index (χ3v) is 10.9. The summed E-state index contributed by atoms with van der Waals surface area (Å²) in [5.41, 5.74) is 0. The largest absolute Gasteiger partial charge is 0.472 e. The van der Waals surface area contributed by atoms with Crippen LogP contribution in [0.15, 0.2) is 48.6 Å². The van der Waals surface area contributed by atoms with Crippen molar-refractivity contribution in [1.29, 1.82) is 0 Å². The topological polar surface area (TPSA) is 210 Å². The van der Waals surface area contributed by atoms with Crippen LogP contribution in [0.2, 0.25) is 0 Å². The van der Waals surface area contributed by atoms with Crippen LogP contribution in [0.1, 0.15) is 162 Å². The summed E-state index contributed by atoms with van der Waals surface area (Å²) < 4.78 is 33.4. The van der Waals surface area contributed by atoms with Crippen molar-refractivity contribution in [2.24, 2.45) is 0 Å². The first-order valence-corrected chi connectivity index (χ1v) is 23.4. The molecule has 0 spiro atoms. The van der Waals surface area contributed by atoms with Gasteiger partial charge in [-0.15, -0.1) is 0 Å². The Hall–Kier alpha value is -2.19. The predicted octanol–water partition coefficient (Wildman–Crippen LogP) is 8.00. The van der Waals surface area contributed by atoms with Gasteiger partial charge in [0.05, 0.1) is 6.61 Å². The Morgan fingerprint density at radius 1 is 0.534 bits per heavy atom. The van der Waals surface area contributed by atoms with E-state index in [9.17, 15) is 44.6 Å². The molecule has 6 N–H and O–H groups in total. The van der Waals surface area contributed by atoms with Gasteiger partial charge in [0.2, 0.25) is 0 Å². The molecular formula is C44H77O13P. The molecule has 1 saturated carbocycles. The number of aliphatic hydroxyl groups is 5. The summed E-state index contributed by atoms with van der Waals surface area (Å²) >= 11 is 0. The van der Waals surface area contributed by atoms with E-state index in [4.69, 9.17) is 18.5 Å². The summed E-state index contributed by atoms with van der Waals surface area (Å²) in [6.07, 6.45) is 26.0. The molecule has 0 aromatic heterocycles. The minimum atomic E-state index is -5.12. The van der Waals surface area contributed by atoms with Crippen LogP contribution in [-0.2, 0) is 32.7 Å². The van der Waals surface area contributed by atoms with E-state index < -0.39 is 75.7 Å². The van der Waals surface area contributed by atoms with E-state index in [1.54, 1.807) is 0 Å². The standard InChI is InChI=1S/C44H77O13P/c1-3-5-7-9-11-13-15-17-18-19-20-21-23-25-27-29-31-33-38(46)56-36(34-54-37(45)32-30-28-26-24-22-16-14-12-10-8-6-4-2)35-55-58(52,53)57-44-42(50)40(48)39(47)41(49)43(44)51/h11-14,17-18,20-21,36,39-44,47-51H,3-10,15-16,19,22-35H2,1-2H3,(H,52,53)/b13-11-,14-12-,18-17-,21-20-/t36-,39?,40-,41?,42?,43?,44?/m1/s1. The van der Waals surface area contributed by atoms with Gasteiger partial charge in [0, 0.05) is 12.8 Å². The molecular weight excluding hydrogens is 767 g/mol. The van der Waals surface area contributed by atoms with Crippen LogP contribution in [0, 0.1) is 0 Å². The fourth-order valence-corrected chi connectivity index (χ4v) is 7.26. The number of carbonyl (C=O) groups excluding carboxylic acids is 2. The van der Waals surface area contributed by atoms with E-state index >= 15 is 0 Å². The highest BCUT2D eigenvalue weighted by Crippen LogP contribution is 2.47. The van der Waals surface area contributed by atoms with Crippen molar-refractivity contribution < 1.29 is 63.1 Å². The van der Waals surface area contributed by atoms with Gasteiger partial charge in [-0.1, -0.05) is 120 Å². The molecule has 1 fully saturated rings. The smallest absolute Gasteiger partial charge is 0.462 e. The van der Waals surface area contributed by atoms with Gasteiger partial charge in [-0.05, 0) is 77.0 Å². The van der Waals surface area contributed by atoms with Crippen LogP contribution >= 0.6 is 7.82 Å². The quantitative estimate of drug-likeness (QED) is 0.0155. The van der Waals surface area contributed by atoms with Crippen molar-refractivity contribution in [3.8, 4) is 0 Å². The predicted molar refractivity (Wildman–Crippen MR) is 226 cm³/mol. The summed E-state index contributed by atoms with van der Waals surface area (Å²) in [7, 11) is -5.12. The zero-order valence-corrected chi connectivity index (χ0v) is 36.2. The monoisotopic (exact) mass is 845 g/mol. The lowest BCUT2D eigenvalue weighted by Crippen LogP contribution is -2.64. The molecule has 0 heterocycles. The molecule has 13 nitrogen and oxygen atoms in total. The highest BCUT2D eigenvalue weighted by molar-refractivity contribution is 7.47. The lowest BCUT2D eigenvalue weighted by atomic mass is 9.85. The first-order valence-electron chi connectivity index (χ1n) is 21.9. The Bertz CT molecular complexity index is 1210. The number of esters is 2. The van der Waals surface area contributed by atoms with Crippen molar-refractivity contribution >= 4 is 19.8 Å². The molecule has 0 aromatic rings. The molecule has 6 unspecified atom stereocenters. The molecule has 336 valence electrons. The summed E-state index contributed by atoms with van der Waals surface area (Å²) in [4.78, 5) is 35.6. The van der Waals surface area contributed by atoms with Gasteiger partial charge in [-0.3, -0.25) is 18.6 Å². The number of ether oxygens (including phenoxy) is 2. The van der Waals surface area contributed by atoms with Gasteiger partial charge < -0.3 is 39.9 Å². The zero-order valence-electron chi connectivity index (χ0n) is 35.3. The van der Waals surface area contributed by atoms with Crippen molar-refractivity contribution in [2.45, 2.75) is 204 Å². The molecule has 58 heavy (non-hydrogen) atoms. The number of carbonyl (C=O) groups is 2. The summed E-state index contributed by atoms with van der Waals surface area (Å²) in [6.45, 7) is 3.20. The summed E-state index contributed by atoms with van der Waals surface area (Å²) in [5, 5.41) is 50.1. The zero-order chi connectivity index (χ0) is 42.9. The number of hydrogen-bond donors (Lipinski definition) is 6. The summed E-state index contributed by atoms with van der Waals surface area (Å²) in [6, 6.07) is 0. The van der Waals surface area contributed by atoms with Crippen LogP contribution in [0.3, 0.4) is 0 Å². The molecule has 1 aliphatic rings. The van der Waals surface area contributed by atoms with Crippen molar-refractivity contribution in [1.82, 2.24) is 0 Å². The van der Waals surface area contributed by atoms with Gasteiger partial charge >= 0.3 is 19.8 Å². The van der Waals surface area contributed by atoms with Crippen LogP contribution in [0.25, 0.3) is 0 Å². The van der Waals surface area contributed by atoms with E-state index in [2.05, 4.69) is 62.5 Å². The number of allylic oxidation sites excluding steroid dienone is 8. The number of phosphoric acid groups is 1. The van der Waals surface area contributed by atoms with E-state index in [0.29, 0.717) is 12.8 Å². The number of rotatable bonds is 35. The average Bonchev–Trinajstić information content (AvgIpc) is 3.20. The van der Waals surface area contributed by atoms with Crippen molar-refractivity contribution in [3.05, 3.63) is 48.6 Å². The second-order valence-corrected chi connectivity index (χ2v) is 16.6. The average molecular weight is 845 g/mol. The normalized spacial score (nSPS) is 23.0. The highest BCUT2D eigenvalue weighted by atomic mass is 31.2. The van der Waals surface area contributed by atoms with Crippen LogP contribution in [0.4, 0.5) is 0 Å². The van der Waals surface area contributed by atoms with Crippen LogP contribution in [-0.4, -0.2) is 98.3 Å². The van der Waals surface area contributed by atoms with E-state index in [-0.39, 0.29) is 12.8 Å². The SMILES string of the molecule is CCCCC/C=C\C/C=C\C/C=C\CCCCCCC(=O)O[C@H](COC(=O)CCCCCCC/C=C\CCCCC)COP(=O)(O)OC1C(O)C(O)C(O)[C@@H](O)C1O. The van der Waals surface area contributed by atoms with Crippen molar-refractivity contribution in [3.63, 3.8) is 0 Å². The molecule has 0 radical (unpaired) electrons. The Kier molecular flexibility index (Phi) is 32.0. The van der Waals surface area contributed by atoms with E-state index in [1.807, 2.05) is 0 Å². The Labute approximate surface area is 348 Å². The molecule has 0 bridgehead atoms. The van der Waals surface area contributed by atoms with Gasteiger partial charge in [0.1, 0.15) is 43.2 Å². The Balaban J connectivity index is 2.51. The number of unbranched alkanes of at least 4 members (excludes halogenated alkanes) is 15. The third-order valence-electron chi connectivity index (χ3n) is 9.89. The molecule has 1 rings (SSSR count). The fraction of sp³-hybridized carbons (Fsp3) is 0.773. The van der Waals surface area contributed by atoms with Crippen LogP contribution in [0.5, 0.6) is 0 Å². The Morgan fingerprint density at radius 2 is 0.931 bits per heavy atom. The number of hydrogen-bond acceptors (Lipinski definition) is 12. The maximum atomic E-state index is 12.8. The second-order valence-electron chi connectivity index (χ2n) is 15.2. The lowest BCUT2D eigenvalue weighted by Gasteiger charge is -2.41. The molecule has 8 atom stereocenters. The van der Waals surface area contributed by atoms with Gasteiger partial charge in [-0.2, -0.15) is 0 Å². The maximum absolute atomic E-state index is 12.8. The van der Waals surface area contributed by atoms with E-state index in [1.165, 1.54) is 38.5 Å². The van der Waals surface area contributed by atoms with Crippen molar-refractivity contribution in [2.75, 3.05) is 13.2 Å². The highest BCUT2D eigenvalue weighted by Gasteiger charge is 2.51. The van der Waals surface area contributed by atoms with Gasteiger partial charge in [-0.25, -0.2) is 4.57 Å². The van der Waals surface area contributed by atoms with Gasteiger partial charge in [0.15, 0.2) is 6.10 Å². The third kappa shape index (κ3) is 26.8. The Morgan fingerprint density at radius 3 is 1.43 bits per heavy atom. The molecule has 0 aromatic carbocycles. The first-order chi connectivity index (χ1) is 27.9. The second kappa shape index (κ2) is 34.5. The molecule has 0 amide bonds. The molecule has 0 saturated heterocycles. The van der Waals surface area contributed by atoms with Gasteiger partial charge in [0.25, 0.3) is 0 Å².